The molecule has 0 bridgehead atoms. The number of piperidine rings is 1. The van der Waals surface area contributed by atoms with E-state index in [1.54, 1.807) is 18.4 Å². The van der Waals surface area contributed by atoms with E-state index >= 15 is 0 Å². The summed E-state index contributed by atoms with van der Waals surface area (Å²) >= 11 is 5.80. The second-order valence-electron chi connectivity index (χ2n) is 5.76. The Labute approximate surface area is 135 Å². The predicted octanol–water partition coefficient (Wildman–Crippen LogP) is 3.83. The smallest absolute Gasteiger partial charge is 0.141 e. The third-order valence-corrected chi connectivity index (χ3v) is 4.42. The van der Waals surface area contributed by atoms with E-state index in [0.29, 0.717) is 6.04 Å². The third kappa shape index (κ3) is 4.09. The van der Waals surface area contributed by atoms with Gasteiger partial charge in [-0.2, -0.15) is 0 Å². The zero-order valence-electron chi connectivity index (χ0n) is 12.4. The summed E-state index contributed by atoms with van der Waals surface area (Å²) in [5.74, 6) is 0.656. The Kier molecular flexibility index (Phi) is 5.13. The van der Waals surface area contributed by atoms with Gasteiger partial charge in [-0.25, -0.2) is 4.39 Å². The molecule has 1 aromatic heterocycles. The Balaban J connectivity index is 1.43. The van der Waals surface area contributed by atoms with Crippen LogP contribution in [0.25, 0.3) is 0 Å². The molecular weight excluding hydrogens is 303 g/mol. The minimum absolute atomic E-state index is 0.188. The lowest BCUT2D eigenvalue weighted by atomic mass is 10.0. The number of hydrogen-bond acceptors (Lipinski definition) is 3. The van der Waals surface area contributed by atoms with Gasteiger partial charge in [-0.05, 0) is 42.7 Å². The van der Waals surface area contributed by atoms with Gasteiger partial charge in [0, 0.05) is 25.7 Å². The summed E-state index contributed by atoms with van der Waals surface area (Å²) in [7, 11) is 0. The van der Waals surface area contributed by atoms with Crippen molar-refractivity contribution in [3.05, 3.63) is 58.8 Å². The summed E-state index contributed by atoms with van der Waals surface area (Å²) in [6.07, 6.45) is 3.93. The lowest BCUT2D eigenvalue weighted by Gasteiger charge is -2.31. The van der Waals surface area contributed by atoms with E-state index in [1.165, 1.54) is 6.07 Å². The molecule has 0 radical (unpaired) electrons. The van der Waals surface area contributed by atoms with Crippen molar-refractivity contribution in [2.75, 3.05) is 13.1 Å². The van der Waals surface area contributed by atoms with E-state index in [4.69, 9.17) is 16.0 Å². The van der Waals surface area contributed by atoms with Crippen LogP contribution >= 0.6 is 11.6 Å². The molecule has 2 aromatic rings. The van der Waals surface area contributed by atoms with Gasteiger partial charge in [0.15, 0.2) is 0 Å². The first-order valence-corrected chi connectivity index (χ1v) is 8.00. The first kappa shape index (κ1) is 15.5. The maximum atomic E-state index is 13.1. The normalized spacial score (nSPS) is 17.0. The van der Waals surface area contributed by atoms with Gasteiger partial charge in [0.25, 0.3) is 0 Å². The van der Waals surface area contributed by atoms with Gasteiger partial charge in [0.1, 0.15) is 11.6 Å². The van der Waals surface area contributed by atoms with Gasteiger partial charge in [0.05, 0.1) is 17.8 Å². The van der Waals surface area contributed by atoms with Crippen molar-refractivity contribution >= 4 is 11.6 Å². The maximum absolute atomic E-state index is 13.1. The molecule has 0 atom stereocenters. The first-order chi connectivity index (χ1) is 10.7. The summed E-state index contributed by atoms with van der Waals surface area (Å²) in [5, 5.41) is 3.72. The molecule has 1 fully saturated rings. The van der Waals surface area contributed by atoms with Crippen LogP contribution in [-0.4, -0.2) is 24.0 Å². The largest absolute Gasteiger partial charge is 0.468 e. The van der Waals surface area contributed by atoms with Gasteiger partial charge >= 0.3 is 0 Å². The molecule has 5 heteroatoms. The molecule has 1 N–H and O–H groups in total. The Morgan fingerprint density at radius 1 is 1.27 bits per heavy atom. The van der Waals surface area contributed by atoms with Crippen molar-refractivity contribution in [2.45, 2.75) is 32.0 Å². The van der Waals surface area contributed by atoms with Crippen molar-refractivity contribution in [3.8, 4) is 0 Å². The van der Waals surface area contributed by atoms with Gasteiger partial charge in [-0.1, -0.05) is 17.7 Å². The second-order valence-corrected chi connectivity index (χ2v) is 6.17. The second kappa shape index (κ2) is 7.27. The first-order valence-electron chi connectivity index (χ1n) is 7.63. The number of nitrogens with one attached hydrogen (secondary N) is 1. The summed E-state index contributed by atoms with van der Waals surface area (Å²) in [4.78, 5) is 2.41. The van der Waals surface area contributed by atoms with Crippen molar-refractivity contribution in [2.24, 2.45) is 0 Å². The highest BCUT2D eigenvalue weighted by Crippen LogP contribution is 2.17. The number of halogens is 2. The van der Waals surface area contributed by atoms with Crippen LogP contribution in [0, 0.1) is 5.82 Å². The molecule has 2 heterocycles. The summed E-state index contributed by atoms with van der Waals surface area (Å²) in [6, 6.07) is 9.33. The van der Waals surface area contributed by atoms with Crippen molar-refractivity contribution in [1.82, 2.24) is 10.2 Å². The average Bonchev–Trinajstić information content (AvgIpc) is 3.03. The number of furan rings is 1. The zero-order chi connectivity index (χ0) is 15.4. The highest BCUT2D eigenvalue weighted by molar-refractivity contribution is 6.30. The number of nitrogens with zero attached hydrogens (tertiary/aromatic N) is 1. The molecule has 22 heavy (non-hydrogen) atoms. The number of hydrogen-bond donors (Lipinski definition) is 1. The molecule has 0 saturated carbocycles. The van der Waals surface area contributed by atoms with Gasteiger partial charge in [-0.15, -0.1) is 0 Å². The minimum Gasteiger partial charge on any atom is -0.468 e. The quantitative estimate of drug-likeness (QED) is 0.907. The van der Waals surface area contributed by atoms with Crippen molar-refractivity contribution < 1.29 is 8.81 Å². The Bertz CT molecular complexity index is 595. The third-order valence-electron chi connectivity index (χ3n) is 4.13. The van der Waals surface area contributed by atoms with Crippen LogP contribution < -0.4 is 5.32 Å². The van der Waals surface area contributed by atoms with E-state index in [9.17, 15) is 4.39 Å². The van der Waals surface area contributed by atoms with Crippen LogP contribution in [0.2, 0.25) is 5.02 Å². The van der Waals surface area contributed by atoms with Crippen LogP contribution in [0.1, 0.15) is 24.2 Å². The van der Waals surface area contributed by atoms with E-state index in [-0.39, 0.29) is 10.8 Å². The predicted molar refractivity (Wildman–Crippen MR) is 85.3 cm³/mol. The van der Waals surface area contributed by atoms with E-state index in [0.717, 1.165) is 50.3 Å². The standard InChI is InChI=1S/C17H20ClFN2O/c18-16-10-13(3-4-17(16)19)11-20-14-5-7-21(8-6-14)12-15-2-1-9-22-15/h1-4,9-10,14,20H,5-8,11-12H2. The molecule has 0 amide bonds. The molecule has 0 aliphatic carbocycles. The van der Waals surface area contributed by atoms with Gasteiger partial charge in [-0.3, -0.25) is 4.90 Å². The van der Waals surface area contributed by atoms with Crippen LogP contribution in [0.4, 0.5) is 4.39 Å². The molecule has 1 aromatic carbocycles. The van der Waals surface area contributed by atoms with E-state index in [2.05, 4.69) is 10.2 Å². The summed E-state index contributed by atoms with van der Waals surface area (Å²) in [5.41, 5.74) is 1.02. The Hall–Kier alpha value is -1.36. The fraction of sp³-hybridized carbons (Fsp3) is 0.412. The molecule has 0 unspecified atom stereocenters. The molecule has 118 valence electrons. The molecule has 0 spiro atoms. The van der Waals surface area contributed by atoms with Crippen molar-refractivity contribution in [1.29, 1.82) is 0 Å². The summed E-state index contributed by atoms with van der Waals surface area (Å²) < 4.78 is 18.5. The van der Waals surface area contributed by atoms with Crippen molar-refractivity contribution in [3.63, 3.8) is 0 Å². The van der Waals surface area contributed by atoms with Gasteiger partial charge < -0.3 is 9.73 Å². The fourth-order valence-corrected chi connectivity index (χ4v) is 3.03. The minimum atomic E-state index is -0.364. The topological polar surface area (TPSA) is 28.4 Å². The summed E-state index contributed by atoms with van der Waals surface area (Å²) in [6.45, 7) is 3.72. The molecule has 1 aliphatic heterocycles. The van der Waals surface area contributed by atoms with E-state index < -0.39 is 0 Å². The van der Waals surface area contributed by atoms with Crippen LogP contribution in [-0.2, 0) is 13.1 Å². The molecule has 1 saturated heterocycles. The lowest BCUT2D eigenvalue weighted by molar-refractivity contribution is 0.178. The molecular formula is C17H20ClFN2O. The highest BCUT2D eigenvalue weighted by atomic mass is 35.5. The molecule has 1 aliphatic rings. The van der Waals surface area contributed by atoms with Crippen LogP contribution in [0.15, 0.2) is 41.0 Å². The highest BCUT2D eigenvalue weighted by Gasteiger charge is 2.19. The van der Waals surface area contributed by atoms with Gasteiger partial charge in [0.2, 0.25) is 0 Å². The van der Waals surface area contributed by atoms with E-state index in [1.807, 2.05) is 12.1 Å². The Morgan fingerprint density at radius 3 is 2.77 bits per heavy atom. The maximum Gasteiger partial charge on any atom is 0.141 e. The average molecular weight is 323 g/mol. The number of likely N-dealkylation sites (tertiary alicyclic amines) is 1. The number of benzene rings is 1. The fourth-order valence-electron chi connectivity index (χ4n) is 2.83. The lowest BCUT2D eigenvalue weighted by Crippen LogP contribution is -2.41. The molecule has 3 rings (SSSR count). The SMILES string of the molecule is Fc1ccc(CNC2CCN(Cc3ccco3)CC2)cc1Cl. The van der Waals surface area contributed by atoms with Crippen LogP contribution in [0.3, 0.4) is 0 Å². The zero-order valence-corrected chi connectivity index (χ0v) is 13.2. The van der Waals surface area contributed by atoms with Crippen LogP contribution in [0.5, 0.6) is 0 Å². The number of rotatable bonds is 5. The monoisotopic (exact) mass is 322 g/mol. The Morgan fingerprint density at radius 2 is 2.09 bits per heavy atom. The molecule has 3 nitrogen and oxygen atoms in total.